The van der Waals surface area contributed by atoms with Crippen molar-refractivity contribution in [2.45, 2.75) is 45.4 Å². The van der Waals surface area contributed by atoms with E-state index in [-0.39, 0.29) is 6.61 Å². The summed E-state index contributed by atoms with van der Waals surface area (Å²) in [6.45, 7) is 1.85. The van der Waals surface area contributed by atoms with E-state index in [1.807, 2.05) is 12.1 Å². The molecule has 0 aliphatic heterocycles. The zero-order chi connectivity index (χ0) is 14.8. The van der Waals surface area contributed by atoms with Crippen molar-refractivity contribution in [3.8, 4) is 11.5 Å². The molecule has 0 aliphatic rings. The highest BCUT2D eigenvalue weighted by molar-refractivity contribution is 5.68. The molecule has 0 atom stereocenters. The number of aliphatic carboxylic acids is 1. The largest absolute Gasteiger partial charge is 0.493 e. The highest BCUT2D eigenvalue weighted by Crippen LogP contribution is 2.28. The molecule has 4 heteroatoms. The lowest BCUT2D eigenvalue weighted by Crippen LogP contribution is -2.10. The molecule has 0 unspecified atom stereocenters. The number of ether oxygens (including phenoxy) is 2. The van der Waals surface area contributed by atoms with Crippen LogP contribution in [0.4, 0.5) is 0 Å². The maximum absolute atomic E-state index is 10.5. The standard InChI is InChI=1S/C16H24O4/c1-3-4-5-6-7-8-13-9-10-14(15(11-13)19-2)20-12-16(17)18/h9-11H,3-8,12H2,1-2H3,(H,17,18). The second kappa shape index (κ2) is 9.23. The van der Waals surface area contributed by atoms with Gasteiger partial charge < -0.3 is 14.6 Å². The van der Waals surface area contributed by atoms with Gasteiger partial charge in [0.15, 0.2) is 18.1 Å². The lowest BCUT2D eigenvalue weighted by molar-refractivity contribution is -0.139. The van der Waals surface area contributed by atoms with Crippen LogP contribution in [0.15, 0.2) is 18.2 Å². The minimum atomic E-state index is -0.993. The maximum atomic E-state index is 10.5. The van der Waals surface area contributed by atoms with E-state index in [9.17, 15) is 4.79 Å². The highest BCUT2D eigenvalue weighted by atomic mass is 16.5. The summed E-state index contributed by atoms with van der Waals surface area (Å²) in [5.41, 5.74) is 1.20. The van der Waals surface area contributed by atoms with Crippen molar-refractivity contribution in [3.05, 3.63) is 23.8 Å². The summed E-state index contributed by atoms with van der Waals surface area (Å²) < 4.78 is 10.4. The van der Waals surface area contributed by atoms with E-state index in [1.54, 1.807) is 13.2 Å². The van der Waals surface area contributed by atoms with Gasteiger partial charge >= 0.3 is 5.97 Å². The second-order valence-corrected chi connectivity index (χ2v) is 4.83. The third-order valence-electron chi connectivity index (χ3n) is 3.15. The lowest BCUT2D eigenvalue weighted by atomic mass is 10.1. The van der Waals surface area contributed by atoms with Gasteiger partial charge in [-0.2, -0.15) is 0 Å². The van der Waals surface area contributed by atoms with Gasteiger partial charge in [-0.1, -0.05) is 38.7 Å². The van der Waals surface area contributed by atoms with Crippen molar-refractivity contribution in [2.24, 2.45) is 0 Å². The van der Waals surface area contributed by atoms with E-state index in [4.69, 9.17) is 14.6 Å². The Balaban J connectivity index is 2.51. The van der Waals surface area contributed by atoms with Crippen molar-refractivity contribution in [3.63, 3.8) is 0 Å². The summed E-state index contributed by atoms with van der Waals surface area (Å²) in [6.07, 6.45) is 7.26. The fraction of sp³-hybridized carbons (Fsp3) is 0.562. The molecular formula is C16H24O4. The van der Waals surface area contributed by atoms with Crippen LogP contribution in [0.1, 0.15) is 44.6 Å². The third kappa shape index (κ3) is 5.95. The van der Waals surface area contributed by atoms with Gasteiger partial charge in [-0.25, -0.2) is 4.79 Å². The number of unbranched alkanes of at least 4 members (excludes halogenated alkanes) is 4. The van der Waals surface area contributed by atoms with Crippen LogP contribution in [0.25, 0.3) is 0 Å². The second-order valence-electron chi connectivity index (χ2n) is 4.83. The van der Waals surface area contributed by atoms with Gasteiger partial charge in [-0.05, 0) is 30.5 Å². The molecule has 0 fully saturated rings. The first kappa shape index (κ1) is 16.3. The van der Waals surface area contributed by atoms with Crippen molar-refractivity contribution >= 4 is 5.97 Å². The van der Waals surface area contributed by atoms with Crippen molar-refractivity contribution in [1.82, 2.24) is 0 Å². The summed E-state index contributed by atoms with van der Waals surface area (Å²) in [5, 5.41) is 8.61. The average Bonchev–Trinajstić information content (AvgIpc) is 2.45. The predicted molar refractivity (Wildman–Crippen MR) is 78.6 cm³/mol. The number of hydrogen-bond donors (Lipinski definition) is 1. The molecule has 4 nitrogen and oxygen atoms in total. The number of carboxylic acids is 1. The number of hydrogen-bond acceptors (Lipinski definition) is 3. The van der Waals surface area contributed by atoms with Gasteiger partial charge in [-0.15, -0.1) is 0 Å². The molecule has 1 aromatic rings. The van der Waals surface area contributed by atoms with Crippen molar-refractivity contribution < 1.29 is 19.4 Å². The Hall–Kier alpha value is -1.71. The highest BCUT2D eigenvalue weighted by Gasteiger charge is 2.07. The zero-order valence-electron chi connectivity index (χ0n) is 12.4. The number of aryl methyl sites for hydroxylation is 1. The van der Waals surface area contributed by atoms with E-state index in [0.717, 1.165) is 6.42 Å². The molecule has 1 rings (SSSR count). The Bertz CT molecular complexity index is 415. The van der Waals surface area contributed by atoms with E-state index in [1.165, 1.54) is 37.7 Å². The molecule has 0 radical (unpaired) electrons. The topological polar surface area (TPSA) is 55.8 Å². The Kier molecular flexibility index (Phi) is 7.55. The van der Waals surface area contributed by atoms with Crippen LogP contribution >= 0.6 is 0 Å². The number of benzene rings is 1. The molecule has 0 amide bonds. The fourth-order valence-electron chi connectivity index (χ4n) is 2.06. The van der Waals surface area contributed by atoms with Gasteiger partial charge in [0.05, 0.1) is 7.11 Å². The molecule has 112 valence electrons. The van der Waals surface area contributed by atoms with Gasteiger partial charge in [-0.3, -0.25) is 0 Å². The van der Waals surface area contributed by atoms with Gasteiger partial charge in [0.2, 0.25) is 0 Å². The Morgan fingerprint density at radius 3 is 2.55 bits per heavy atom. The number of rotatable bonds is 10. The summed E-state index contributed by atoms with van der Waals surface area (Å²) in [4.78, 5) is 10.5. The van der Waals surface area contributed by atoms with Crippen LogP contribution in [0, 0.1) is 0 Å². The number of methoxy groups -OCH3 is 1. The predicted octanol–water partition coefficient (Wildman–Crippen LogP) is 3.67. The van der Waals surface area contributed by atoms with Gasteiger partial charge in [0.1, 0.15) is 0 Å². The molecule has 0 spiro atoms. The third-order valence-corrected chi connectivity index (χ3v) is 3.15. The molecule has 0 bridgehead atoms. The number of carbonyl (C=O) groups is 1. The summed E-state index contributed by atoms with van der Waals surface area (Å²) >= 11 is 0. The Morgan fingerprint density at radius 1 is 1.15 bits per heavy atom. The Labute approximate surface area is 120 Å². The summed E-state index contributed by atoms with van der Waals surface area (Å²) in [6, 6.07) is 5.68. The van der Waals surface area contributed by atoms with Crippen molar-refractivity contribution in [1.29, 1.82) is 0 Å². The van der Waals surface area contributed by atoms with E-state index in [2.05, 4.69) is 6.92 Å². The zero-order valence-corrected chi connectivity index (χ0v) is 12.4. The first-order valence-corrected chi connectivity index (χ1v) is 7.19. The first-order chi connectivity index (χ1) is 9.67. The maximum Gasteiger partial charge on any atom is 0.341 e. The van der Waals surface area contributed by atoms with Crippen LogP contribution in [-0.2, 0) is 11.2 Å². The summed E-state index contributed by atoms with van der Waals surface area (Å²) in [5.74, 6) is 0.0778. The summed E-state index contributed by atoms with van der Waals surface area (Å²) in [7, 11) is 1.56. The van der Waals surface area contributed by atoms with Crippen LogP contribution < -0.4 is 9.47 Å². The molecule has 0 saturated carbocycles. The fourth-order valence-corrected chi connectivity index (χ4v) is 2.06. The van der Waals surface area contributed by atoms with E-state index < -0.39 is 5.97 Å². The normalized spacial score (nSPS) is 10.3. The first-order valence-electron chi connectivity index (χ1n) is 7.19. The molecule has 0 aliphatic carbocycles. The van der Waals surface area contributed by atoms with Gasteiger partial charge in [0.25, 0.3) is 0 Å². The minimum absolute atomic E-state index is 0.354. The van der Waals surface area contributed by atoms with E-state index >= 15 is 0 Å². The van der Waals surface area contributed by atoms with Crippen molar-refractivity contribution in [2.75, 3.05) is 13.7 Å². The van der Waals surface area contributed by atoms with Gasteiger partial charge in [0, 0.05) is 0 Å². The van der Waals surface area contributed by atoms with Crippen LogP contribution in [0.3, 0.4) is 0 Å². The quantitative estimate of drug-likeness (QED) is 0.664. The SMILES string of the molecule is CCCCCCCc1ccc(OCC(=O)O)c(OC)c1. The Morgan fingerprint density at radius 2 is 1.90 bits per heavy atom. The molecule has 0 saturated heterocycles. The molecular weight excluding hydrogens is 256 g/mol. The smallest absolute Gasteiger partial charge is 0.341 e. The monoisotopic (exact) mass is 280 g/mol. The molecule has 0 aromatic heterocycles. The molecule has 20 heavy (non-hydrogen) atoms. The molecule has 0 heterocycles. The molecule has 1 aromatic carbocycles. The van der Waals surface area contributed by atoms with Crippen LogP contribution in [-0.4, -0.2) is 24.8 Å². The van der Waals surface area contributed by atoms with Crippen LogP contribution in [0.5, 0.6) is 11.5 Å². The minimum Gasteiger partial charge on any atom is -0.493 e. The molecule has 1 N–H and O–H groups in total. The van der Waals surface area contributed by atoms with Crippen LogP contribution in [0.2, 0.25) is 0 Å². The average molecular weight is 280 g/mol. The number of carboxylic acid groups (broad SMARTS) is 1. The lowest BCUT2D eigenvalue weighted by Gasteiger charge is -2.11. The van der Waals surface area contributed by atoms with E-state index in [0.29, 0.717) is 11.5 Å².